The van der Waals surface area contributed by atoms with Crippen LogP contribution in [0.2, 0.25) is 0 Å². The normalized spacial score (nSPS) is 24.4. The Bertz CT molecular complexity index is 461. The molecule has 1 aliphatic heterocycles. The number of likely N-dealkylation sites (tertiary alicyclic amines) is 1. The van der Waals surface area contributed by atoms with Crippen molar-refractivity contribution < 1.29 is 9.90 Å². The zero-order valence-corrected chi connectivity index (χ0v) is 13.2. The number of hydrogen-bond acceptors (Lipinski definition) is 4. The lowest BCUT2D eigenvalue weighted by molar-refractivity contribution is 0.0747. The molecule has 0 bridgehead atoms. The summed E-state index contributed by atoms with van der Waals surface area (Å²) in [6.07, 6.45) is 1.19. The molecule has 0 aromatic heterocycles. The van der Waals surface area contributed by atoms with Gasteiger partial charge in [-0.25, -0.2) is 0 Å². The third kappa shape index (κ3) is 3.90. The molecular weight excluding hydrogens is 264 g/mol. The number of rotatable bonds is 6. The second-order valence-electron chi connectivity index (χ2n) is 6.16. The number of Topliss-reactive ketones (excluding diaryl/α,β-unsaturated/α-hetero) is 1. The maximum absolute atomic E-state index is 12.8. The molecule has 4 nitrogen and oxygen atoms in total. The van der Waals surface area contributed by atoms with E-state index in [2.05, 4.69) is 9.80 Å². The van der Waals surface area contributed by atoms with Gasteiger partial charge in [0.05, 0.1) is 12.1 Å². The van der Waals surface area contributed by atoms with Gasteiger partial charge in [-0.3, -0.25) is 9.69 Å². The standard InChI is InChI=1S/C17H26N2O2/c1-4-16(17(21)13-8-6-5-7-9-13)19-12-15(20)10-14(19)11-18(2)3/h5-9,14-16,20H,4,10-12H2,1-3H3. The second kappa shape index (κ2) is 7.16. The Balaban J connectivity index is 2.17. The molecule has 21 heavy (non-hydrogen) atoms. The molecule has 0 spiro atoms. The van der Waals surface area contributed by atoms with E-state index < -0.39 is 0 Å². The van der Waals surface area contributed by atoms with Crippen LogP contribution < -0.4 is 0 Å². The molecule has 2 rings (SSSR count). The van der Waals surface area contributed by atoms with Crippen LogP contribution in [0.15, 0.2) is 30.3 Å². The van der Waals surface area contributed by atoms with Gasteiger partial charge in [-0.2, -0.15) is 0 Å². The summed E-state index contributed by atoms with van der Waals surface area (Å²) in [5, 5.41) is 10.0. The predicted octanol–water partition coefficient (Wildman–Crippen LogP) is 1.64. The molecule has 1 heterocycles. The van der Waals surface area contributed by atoms with Crippen LogP contribution in [0.4, 0.5) is 0 Å². The predicted molar refractivity (Wildman–Crippen MR) is 84.5 cm³/mol. The van der Waals surface area contributed by atoms with Crippen molar-refractivity contribution in [2.24, 2.45) is 0 Å². The number of aliphatic hydroxyl groups is 1. The number of likely N-dealkylation sites (N-methyl/N-ethyl adjacent to an activating group) is 1. The van der Waals surface area contributed by atoms with Gasteiger partial charge in [0.15, 0.2) is 5.78 Å². The average molecular weight is 290 g/mol. The maximum Gasteiger partial charge on any atom is 0.179 e. The third-order valence-corrected chi connectivity index (χ3v) is 4.16. The van der Waals surface area contributed by atoms with Gasteiger partial charge in [0.25, 0.3) is 0 Å². The number of ketones is 1. The topological polar surface area (TPSA) is 43.8 Å². The molecule has 3 atom stereocenters. The van der Waals surface area contributed by atoms with Crippen LogP contribution >= 0.6 is 0 Å². The molecule has 116 valence electrons. The maximum atomic E-state index is 12.8. The van der Waals surface area contributed by atoms with Gasteiger partial charge in [0.1, 0.15) is 0 Å². The van der Waals surface area contributed by atoms with Crippen molar-refractivity contribution in [3.8, 4) is 0 Å². The van der Waals surface area contributed by atoms with Crippen LogP contribution in [0.25, 0.3) is 0 Å². The first kappa shape index (κ1) is 16.1. The van der Waals surface area contributed by atoms with Crippen LogP contribution in [0, 0.1) is 0 Å². The van der Waals surface area contributed by atoms with Crippen molar-refractivity contribution in [2.45, 2.75) is 38.0 Å². The Labute approximate surface area is 127 Å². The Kier molecular flexibility index (Phi) is 5.51. The Morgan fingerprint density at radius 1 is 1.38 bits per heavy atom. The molecule has 1 saturated heterocycles. The van der Waals surface area contributed by atoms with Crippen LogP contribution in [0.3, 0.4) is 0 Å². The Morgan fingerprint density at radius 2 is 2.05 bits per heavy atom. The minimum atomic E-state index is -0.326. The number of carbonyl (C=O) groups is 1. The molecule has 0 aliphatic carbocycles. The largest absolute Gasteiger partial charge is 0.392 e. The summed E-state index contributed by atoms with van der Waals surface area (Å²) in [6, 6.07) is 9.57. The summed E-state index contributed by atoms with van der Waals surface area (Å²) in [7, 11) is 4.06. The highest BCUT2D eigenvalue weighted by Crippen LogP contribution is 2.24. The first-order valence-corrected chi connectivity index (χ1v) is 7.70. The number of benzene rings is 1. The molecule has 3 unspecified atom stereocenters. The van der Waals surface area contributed by atoms with Crippen molar-refractivity contribution >= 4 is 5.78 Å². The summed E-state index contributed by atoms with van der Waals surface area (Å²) in [5.74, 6) is 0.163. The van der Waals surface area contributed by atoms with Crippen LogP contribution in [-0.4, -0.2) is 66.1 Å². The van der Waals surface area contributed by atoms with E-state index >= 15 is 0 Å². The number of aliphatic hydroxyl groups excluding tert-OH is 1. The highest BCUT2D eigenvalue weighted by Gasteiger charge is 2.38. The molecular formula is C17H26N2O2. The average Bonchev–Trinajstić information content (AvgIpc) is 2.80. The van der Waals surface area contributed by atoms with Gasteiger partial charge in [0.2, 0.25) is 0 Å². The first-order chi connectivity index (χ1) is 10.0. The van der Waals surface area contributed by atoms with Crippen LogP contribution in [0.1, 0.15) is 30.1 Å². The lowest BCUT2D eigenvalue weighted by Crippen LogP contribution is -2.47. The summed E-state index contributed by atoms with van der Waals surface area (Å²) >= 11 is 0. The van der Waals surface area contributed by atoms with Gasteiger partial charge in [-0.1, -0.05) is 37.3 Å². The number of nitrogens with zero attached hydrogens (tertiary/aromatic N) is 2. The van der Waals surface area contributed by atoms with E-state index in [0.717, 1.165) is 24.9 Å². The lowest BCUT2D eigenvalue weighted by Gasteiger charge is -2.32. The number of β-amino-alcohol motifs (C(OH)–C–C–N with tert-alkyl or cyclic N) is 1. The van der Waals surface area contributed by atoms with Crippen LogP contribution in [-0.2, 0) is 0 Å². The lowest BCUT2D eigenvalue weighted by atomic mass is 10.00. The van der Waals surface area contributed by atoms with Gasteiger partial charge in [0, 0.05) is 24.7 Å². The monoisotopic (exact) mass is 290 g/mol. The molecule has 0 amide bonds. The van der Waals surface area contributed by atoms with Gasteiger partial charge in [-0.05, 0) is 26.9 Å². The number of carbonyl (C=O) groups excluding carboxylic acids is 1. The van der Waals surface area contributed by atoms with Gasteiger partial charge >= 0.3 is 0 Å². The van der Waals surface area contributed by atoms with Crippen molar-refractivity contribution in [1.29, 1.82) is 0 Å². The number of hydrogen-bond donors (Lipinski definition) is 1. The van der Waals surface area contributed by atoms with Crippen molar-refractivity contribution in [3.05, 3.63) is 35.9 Å². The molecule has 1 aliphatic rings. The molecule has 1 aromatic rings. The Morgan fingerprint density at radius 3 is 2.62 bits per heavy atom. The highest BCUT2D eigenvalue weighted by molar-refractivity contribution is 6.00. The van der Waals surface area contributed by atoms with Gasteiger partial charge < -0.3 is 10.0 Å². The fourth-order valence-corrected chi connectivity index (χ4v) is 3.26. The first-order valence-electron chi connectivity index (χ1n) is 7.70. The summed E-state index contributed by atoms with van der Waals surface area (Å²) < 4.78 is 0. The van der Waals surface area contributed by atoms with Crippen molar-refractivity contribution in [3.63, 3.8) is 0 Å². The van der Waals surface area contributed by atoms with E-state index in [1.807, 2.05) is 51.4 Å². The van der Waals surface area contributed by atoms with E-state index in [4.69, 9.17) is 0 Å². The van der Waals surface area contributed by atoms with Crippen molar-refractivity contribution in [2.75, 3.05) is 27.2 Å². The molecule has 0 radical (unpaired) electrons. The third-order valence-electron chi connectivity index (χ3n) is 4.16. The molecule has 4 heteroatoms. The summed E-state index contributed by atoms with van der Waals surface area (Å²) in [4.78, 5) is 17.1. The summed E-state index contributed by atoms with van der Waals surface area (Å²) in [6.45, 7) is 3.51. The van der Waals surface area contributed by atoms with Crippen LogP contribution in [0.5, 0.6) is 0 Å². The minimum Gasteiger partial charge on any atom is -0.392 e. The van der Waals surface area contributed by atoms with E-state index in [9.17, 15) is 9.90 Å². The minimum absolute atomic E-state index is 0.144. The zero-order chi connectivity index (χ0) is 15.4. The Hall–Kier alpha value is -1.23. The van der Waals surface area contributed by atoms with Crippen molar-refractivity contribution in [1.82, 2.24) is 9.80 Å². The van der Waals surface area contributed by atoms with E-state index in [0.29, 0.717) is 6.54 Å². The fraction of sp³-hybridized carbons (Fsp3) is 0.588. The zero-order valence-electron chi connectivity index (χ0n) is 13.2. The smallest absolute Gasteiger partial charge is 0.179 e. The van der Waals surface area contributed by atoms with E-state index in [1.54, 1.807) is 0 Å². The molecule has 1 N–H and O–H groups in total. The molecule has 0 saturated carbocycles. The summed E-state index contributed by atoms with van der Waals surface area (Å²) in [5.41, 5.74) is 0.759. The molecule has 1 aromatic carbocycles. The SMILES string of the molecule is CCC(C(=O)c1ccccc1)N1CC(O)CC1CN(C)C. The fourth-order valence-electron chi connectivity index (χ4n) is 3.26. The quantitative estimate of drug-likeness (QED) is 0.809. The molecule has 1 fully saturated rings. The van der Waals surface area contributed by atoms with E-state index in [1.165, 1.54) is 0 Å². The van der Waals surface area contributed by atoms with Gasteiger partial charge in [-0.15, -0.1) is 0 Å². The van der Waals surface area contributed by atoms with E-state index in [-0.39, 0.29) is 24.0 Å². The second-order valence-corrected chi connectivity index (χ2v) is 6.16. The highest BCUT2D eigenvalue weighted by atomic mass is 16.3.